The molecule has 1 heterocycles. The molecule has 5 heteroatoms. The molecule has 1 rings (SSSR count). The average molecular weight is 268 g/mol. The largest absolute Gasteiger partial charge is 0.463 e. The summed E-state index contributed by atoms with van der Waals surface area (Å²) >= 11 is 0. The minimum absolute atomic E-state index is 0.0460. The van der Waals surface area contributed by atoms with Gasteiger partial charge in [-0.05, 0) is 19.4 Å². The Morgan fingerprint density at radius 3 is 2.63 bits per heavy atom. The van der Waals surface area contributed by atoms with Crippen molar-refractivity contribution in [3.8, 4) is 0 Å². The van der Waals surface area contributed by atoms with Gasteiger partial charge in [-0.25, -0.2) is 0 Å². The summed E-state index contributed by atoms with van der Waals surface area (Å²) in [6, 6.07) is 0. The Balaban J connectivity index is 2.79. The summed E-state index contributed by atoms with van der Waals surface area (Å²) in [5.74, 6) is -0.802. The molecule has 19 heavy (non-hydrogen) atoms. The van der Waals surface area contributed by atoms with Crippen LogP contribution in [0.4, 0.5) is 0 Å². The van der Waals surface area contributed by atoms with Crippen LogP contribution in [-0.4, -0.2) is 36.4 Å². The highest BCUT2D eigenvalue weighted by Gasteiger charge is 2.36. The molecule has 1 aliphatic rings. The second kappa shape index (κ2) is 6.52. The van der Waals surface area contributed by atoms with Gasteiger partial charge >= 0.3 is 11.9 Å². The third-order valence-electron chi connectivity index (χ3n) is 2.73. The fraction of sp³-hybridized carbons (Fsp3) is 0.571. The van der Waals surface area contributed by atoms with Crippen LogP contribution in [-0.2, 0) is 23.8 Å². The zero-order valence-corrected chi connectivity index (χ0v) is 11.5. The summed E-state index contributed by atoms with van der Waals surface area (Å²) in [4.78, 5) is 21.9. The van der Waals surface area contributed by atoms with Crippen molar-refractivity contribution >= 4 is 11.9 Å². The molecule has 0 amide bonds. The molecule has 1 aliphatic heterocycles. The third-order valence-corrected chi connectivity index (χ3v) is 2.73. The van der Waals surface area contributed by atoms with Crippen LogP contribution < -0.4 is 0 Å². The molecule has 0 saturated heterocycles. The predicted octanol–water partition coefficient (Wildman–Crippen LogP) is 1.77. The van der Waals surface area contributed by atoms with Gasteiger partial charge in [0.25, 0.3) is 0 Å². The van der Waals surface area contributed by atoms with Gasteiger partial charge in [0.15, 0.2) is 0 Å². The van der Waals surface area contributed by atoms with E-state index in [1.54, 1.807) is 12.2 Å². The highest BCUT2D eigenvalue weighted by molar-refractivity contribution is 5.66. The van der Waals surface area contributed by atoms with Crippen LogP contribution in [0.2, 0.25) is 0 Å². The maximum absolute atomic E-state index is 11.0. The lowest BCUT2D eigenvalue weighted by Crippen LogP contribution is -2.46. The molecule has 0 radical (unpaired) electrons. The molecule has 0 aromatic heterocycles. The highest BCUT2D eigenvalue weighted by Crippen LogP contribution is 2.28. The van der Waals surface area contributed by atoms with E-state index >= 15 is 0 Å². The molecule has 0 aromatic carbocycles. The summed E-state index contributed by atoms with van der Waals surface area (Å²) in [5, 5.41) is 0. The van der Waals surface area contributed by atoms with Crippen LogP contribution in [0.1, 0.15) is 27.2 Å². The van der Waals surface area contributed by atoms with E-state index in [1.165, 1.54) is 13.8 Å². The van der Waals surface area contributed by atoms with Gasteiger partial charge in [0.2, 0.25) is 0 Å². The number of hydrogen-bond acceptors (Lipinski definition) is 5. The number of rotatable bonds is 5. The Kier molecular flexibility index (Phi) is 5.30. The molecule has 3 atom stereocenters. The van der Waals surface area contributed by atoms with Gasteiger partial charge in [-0.2, -0.15) is 0 Å². The average Bonchev–Trinajstić information content (AvgIpc) is 2.29. The van der Waals surface area contributed by atoms with Crippen LogP contribution in [0.3, 0.4) is 0 Å². The standard InChI is InChI=1S/C14H20O5/c1-5-7-14(4)8-6-12(18-11(3)16)13(19-14)9-17-10(2)15/h5-6,8,12-13H,1,7,9H2,2-4H3/t12-,13+,14+/m0/s1. The van der Waals surface area contributed by atoms with Gasteiger partial charge < -0.3 is 14.2 Å². The van der Waals surface area contributed by atoms with Gasteiger partial charge in [0.1, 0.15) is 18.8 Å². The SMILES string of the molecule is C=CC[C@]1(C)C=C[C@H](OC(C)=O)[C@@H](COC(C)=O)O1. The van der Waals surface area contributed by atoms with E-state index in [2.05, 4.69) is 6.58 Å². The normalized spacial score (nSPS) is 29.6. The molecule has 0 aliphatic carbocycles. The van der Waals surface area contributed by atoms with Crippen LogP contribution in [0, 0.1) is 0 Å². The fourth-order valence-electron chi connectivity index (χ4n) is 1.91. The maximum atomic E-state index is 11.0. The number of ether oxygens (including phenoxy) is 3. The van der Waals surface area contributed by atoms with Crippen molar-refractivity contribution in [2.45, 2.75) is 45.0 Å². The first kappa shape index (κ1) is 15.4. The summed E-state index contributed by atoms with van der Waals surface area (Å²) in [6.45, 7) is 8.28. The monoisotopic (exact) mass is 268 g/mol. The van der Waals surface area contributed by atoms with Crippen molar-refractivity contribution in [3.63, 3.8) is 0 Å². The number of esters is 2. The molecule has 106 valence electrons. The van der Waals surface area contributed by atoms with Crippen molar-refractivity contribution in [2.75, 3.05) is 6.61 Å². The minimum Gasteiger partial charge on any atom is -0.463 e. The second-order valence-electron chi connectivity index (χ2n) is 4.70. The Morgan fingerprint density at radius 2 is 2.11 bits per heavy atom. The molecule has 5 nitrogen and oxygen atoms in total. The number of hydrogen-bond donors (Lipinski definition) is 0. The Hall–Kier alpha value is -1.62. The summed E-state index contributed by atoms with van der Waals surface area (Å²) in [7, 11) is 0. The lowest BCUT2D eigenvalue weighted by Gasteiger charge is -2.37. The van der Waals surface area contributed by atoms with E-state index in [-0.39, 0.29) is 6.61 Å². The van der Waals surface area contributed by atoms with E-state index in [4.69, 9.17) is 14.2 Å². The maximum Gasteiger partial charge on any atom is 0.303 e. The van der Waals surface area contributed by atoms with Crippen LogP contribution in [0.5, 0.6) is 0 Å². The molecular weight excluding hydrogens is 248 g/mol. The van der Waals surface area contributed by atoms with E-state index in [1.807, 2.05) is 13.0 Å². The Bertz CT molecular complexity index is 387. The zero-order valence-electron chi connectivity index (χ0n) is 11.5. The van der Waals surface area contributed by atoms with Crippen molar-refractivity contribution < 1.29 is 23.8 Å². The van der Waals surface area contributed by atoms with E-state index in [0.717, 1.165) is 0 Å². The fourth-order valence-corrected chi connectivity index (χ4v) is 1.91. The lowest BCUT2D eigenvalue weighted by atomic mass is 9.96. The van der Waals surface area contributed by atoms with Gasteiger partial charge in [-0.15, -0.1) is 6.58 Å². The quantitative estimate of drug-likeness (QED) is 0.561. The van der Waals surface area contributed by atoms with Crippen LogP contribution in [0.25, 0.3) is 0 Å². The second-order valence-corrected chi connectivity index (χ2v) is 4.70. The molecule has 0 fully saturated rings. The third kappa shape index (κ3) is 4.87. The van der Waals surface area contributed by atoms with Gasteiger partial charge in [0, 0.05) is 13.8 Å². The number of carbonyl (C=O) groups excluding carboxylic acids is 2. The van der Waals surface area contributed by atoms with Gasteiger partial charge in [-0.1, -0.05) is 12.2 Å². The molecule has 0 unspecified atom stereocenters. The first-order valence-electron chi connectivity index (χ1n) is 6.15. The van der Waals surface area contributed by atoms with Gasteiger partial charge in [-0.3, -0.25) is 9.59 Å². The predicted molar refractivity (Wildman–Crippen MR) is 69.4 cm³/mol. The summed E-state index contributed by atoms with van der Waals surface area (Å²) in [5.41, 5.74) is -0.525. The Morgan fingerprint density at radius 1 is 1.42 bits per heavy atom. The molecule has 0 N–H and O–H groups in total. The minimum atomic E-state index is -0.547. The highest BCUT2D eigenvalue weighted by atomic mass is 16.6. The van der Waals surface area contributed by atoms with E-state index < -0.39 is 29.7 Å². The lowest BCUT2D eigenvalue weighted by molar-refractivity contribution is -0.172. The molecular formula is C14H20O5. The topological polar surface area (TPSA) is 61.8 Å². The van der Waals surface area contributed by atoms with Crippen LogP contribution >= 0.6 is 0 Å². The number of carbonyl (C=O) groups is 2. The van der Waals surface area contributed by atoms with E-state index in [9.17, 15) is 9.59 Å². The first-order chi connectivity index (χ1) is 8.86. The molecule has 0 saturated carbocycles. The first-order valence-corrected chi connectivity index (χ1v) is 6.15. The van der Waals surface area contributed by atoms with Crippen LogP contribution in [0.15, 0.2) is 24.8 Å². The summed E-state index contributed by atoms with van der Waals surface area (Å²) in [6.07, 6.45) is 4.92. The molecule has 0 spiro atoms. The smallest absolute Gasteiger partial charge is 0.303 e. The van der Waals surface area contributed by atoms with E-state index in [0.29, 0.717) is 6.42 Å². The molecule has 0 bridgehead atoms. The summed E-state index contributed by atoms with van der Waals surface area (Å²) < 4.78 is 16.0. The Labute approximate surface area is 113 Å². The molecule has 0 aromatic rings. The van der Waals surface area contributed by atoms with Crippen molar-refractivity contribution in [3.05, 3.63) is 24.8 Å². The zero-order chi connectivity index (χ0) is 14.5. The van der Waals surface area contributed by atoms with Crippen molar-refractivity contribution in [1.29, 1.82) is 0 Å². The van der Waals surface area contributed by atoms with Gasteiger partial charge in [0.05, 0.1) is 5.60 Å². The van der Waals surface area contributed by atoms with Crippen molar-refractivity contribution in [2.24, 2.45) is 0 Å². The van der Waals surface area contributed by atoms with Crippen molar-refractivity contribution in [1.82, 2.24) is 0 Å².